The molecule has 3 aliphatic rings. The highest BCUT2D eigenvalue weighted by Gasteiger charge is 2.53. The van der Waals surface area contributed by atoms with Gasteiger partial charge in [0.15, 0.2) is 8.32 Å². The van der Waals surface area contributed by atoms with E-state index < -0.39 is 25.4 Å². The molecule has 2 amide bonds. The van der Waals surface area contributed by atoms with Gasteiger partial charge >= 0.3 is 6.09 Å². The Morgan fingerprint density at radius 2 is 1.68 bits per heavy atom. The summed E-state index contributed by atoms with van der Waals surface area (Å²) in [6.07, 6.45) is 1.49. The third-order valence-electron chi connectivity index (χ3n) is 12.8. The molecule has 0 spiro atoms. The molecule has 0 bridgehead atoms. The Morgan fingerprint density at radius 1 is 1.02 bits per heavy atom. The first kappa shape index (κ1) is 41.3. The Bertz CT molecular complexity index is 1640. The van der Waals surface area contributed by atoms with Crippen LogP contribution < -0.4 is 4.90 Å². The van der Waals surface area contributed by atoms with Crippen LogP contribution in [0, 0.1) is 11.2 Å². The number of benzene rings is 1. The number of rotatable bonds is 9. The van der Waals surface area contributed by atoms with Gasteiger partial charge in [0.2, 0.25) is 5.91 Å². The van der Waals surface area contributed by atoms with Crippen molar-refractivity contribution in [2.24, 2.45) is 5.41 Å². The fraction of sp³-hybridized carbons (Fsp3) is 0.683. The lowest BCUT2D eigenvalue weighted by Crippen LogP contribution is -2.72. The van der Waals surface area contributed by atoms with E-state index in [2.05, 4.69) is 91.3 Å². The highest BCUT2D eigenvalue weighted by molar-refractivity contribution is 6.74. The van der Waals surface area contributed by atoms with Crippen LogP contribution in [0.3, 0.4) is 0 Å². The molecule has 0 unspecified atom stereocenters. The SMILES string of the molecule is C[C@@H]1COC[C@H](CO[Si](C)(C)C(C)(C)C)N1C[C@H]1CN(C(=O)O)[C@](C)(C(C)(C)C)CN1CC(=O)N1CC(C)(C)c2ncc(Cc3ccc(F)cc3)cc21. The molecule has 53 heavy (non-hydrogen) atoms. The minimum atomic E-state index is -2.03. The number of fused-ring (bicyclic) bond motifs is 1. The molecule has 4 heterocycles. The summed E-state index contributed by atoms with van der Waals surface area (Å²) < 4.78 is 26.4. The summed E-state index contributed by atoms with van der Waals surface area (Å²) >= 11 is 0. The summed E-state index contributed by atoms with van der Waals surface area (Å²) in [4.78, 5) is 40.7. The predicted octanol–water partition coefficient (Wildman–Crippen LogP) is 7.02. The van der Waals surface area contributed by atoms with E-state index in [9.17, 15) is 19.1 Å². The smallest absolute Gasteiger partial charge is 0.407 e. The van der Waals surface area contributed by atoms with Crippen molar-refractivity contribution in [1.82, 2.24) is 19.7 Å². The standard InChI is InChI=1S/C41H64FN5O5Si/c1-28-23-51-24-33(25-52-53(11,12)39(5,6)7)45(28)20-32-21-47(37(49)50)41(10,38(2,3)4)27-44(32)22-35(48)46-26-40(8,9)36-34(46)18-30(19-43-36)17-29-13-15-31(42)16-14-29/h13-16,18-19,28,32-33H,17,20-27H2,1-12H3,(H,49,50)/t28-,32+,33-,41+/m1/s1. The zero-order valence-electron chi connectivity index (χ0n) is 34.3. The monoisotopic (exact) mass is 753 g/mol. The molecule has 1 aromatic heterocycles. The first-order valence-electron chi connectivity index (χ1n) is 19.2. The number of halogens is 1. The van der Waals surface area contributed by atoms with E-state index in [0.717, 1.165) is 22.5 Å². The molecule has 0 radical (unpaired) electrons. The summed E-state index contributed by atoms with van der Waals surface area (Å²) in [5, 5.41) is 10.7. The average molecular weight is 754 g/mol. The lowest BCUT2D eigenvalue weighted by molar-refractivity contribution is -0.127. The number of aromatic nitrogens is 1. The molecule has 4 atom stereocenters. The number of nitrogens with zero attached hydrogens (tertiary/aromatic N) is 5. The van der Waals surface area contributed by atoms with Gasteiger partial charge in [0.1, 0.15) is 5.82 Å². The number of ether oxygens (including phenoxy) is 1. The Hall–Kier alpha value is -2.90. The highest BCUT2D eigenvalue weighted by Crippen LogP contribution is 2.43. The van der Waals surface area contributed by atoms with E-state index in [1.807, 2.05) is 18.0 Å². The fourth-order valence-electron chi connectivity index (χ4n) is 7.78. The minimum absolute atomic E-state index is 0.0106. The van der Waals surface area contributed by atoms with E-state index in [4.69, 9.17) is 14.1 Å². The van der Waals surface area contributed by atoms with Gasteiger partial charge in [-0.05, 0) is 73.1 Å². The number of amides is 2. The van der Waals surface area contributed by atoms with Gasteiger partial charge in [0.25, 0.3) is 0 Å². The van der Waals surface area contributed by atoms with Crippen molar-refractivity contribution in [3.8, 4) is 0 Å². The van der Waals surface area contributed by atoms with Gasteiger partial charge in [-0.15, -0.1) is 0 Å². The average Bonchev–Trinajstić information content (AvgIpc) is 3.32. The molecule has 294 valence electrons. The van der Waals surface area contributed by atoms with Crippen molar-refractivity contribution in [2.75, 3.05) is 57.4 Å². The van der Waals surface area contributed by atoms with Gasteiger partial charge in [-0.3, -0.25) is 24.5 Å². The zero-order valence-corrected chi connectivity index (χ0v) is 35.3. The molecule has 1 N–H and O–H groups in total. The van der Waals surface area contributed by atoms with Gasteiger partial charge in [-0.1, -0.05) is 67.5 Å². The Balaban J connectivity index is 1.44. The van der Waals surface area contributed by atoms with Gasteiger partial charge in [0, 0.05) is 49.9 Å². The van der Waals surface area contributed by atoms with Crippen molar-refractivity contribution >= 4 is 26.0 Å². The second-order valence-corrected chi connectivity index (χ2v) is 24.0. The molecule has 5 rings (SSSR count). The third-order valence-corrected chi connectivity index (χ3v) is 17.3. The number of hydrogen-bond acceptors (Lipinski definition) is 7. The molecule has 2 fully saturated rings. The van der Waals surface area contributed by atoms with Crippen LogP contribution in [0.2, 0.25) is 18.1 Å². The van der Waals surface area contributed by atoms with E-state index >= 15 is 0 Å². The van der Waals surface area contributed by atoms with Crippen LogP contribution in [0.4, 0.5) is 14.9 Å². The summed E-state index contributed by atoms with van der Waals surface area (Å²) in [5.74, 6) is -0.307. The van der Waals surface area contributed by atoms with Crippen LogP contribution in [0.1, 0.15) is 86.1 Å². The van der Waals surface area contributed by atoms with Crippen molar-refractivity contribution in [3.63, 3.8) is 0 Å². The van der Waals surface area contributed by atoms with Gasteiger partial charge in [0.05, 0.1) is 49.3 Å². The van der Waals surface area contributed by atoms with E-state index in [1.165, 1.54) is 12.1 Å². The quantitative estimate of drug-likeness (QED) is 0.273. The number of anilines is 1. The van der Waals surface area contributed by atoms with E-state index in [0.29, 0.717) is 45.9 Å². The predicted molar refractivity (Wildman–Crippen MR) is 211 cm³/mol. The first-order valence-corrected chi connectivity index (χ1v) is 22.1. The molecule has 2 aromatic rings. The summed E-state index contributed by atoms with van der Waals surface area (Å²) in [5.41, 5.74) is 2.12. The van der Waals surface area contributed by atoms with Crippen LogP contribution in [0.15, 0.2) is 36.5 Å². The molecule has 10 nitrogen and oxygen atoms in total. The molecular weight excluding hydrogens is 690 g/mol. The largest absolute Gasteiger partial charge is 0.465 e. The Labute approximate surface area is 318 Å². The van der Waals surface area contributed by atoms with Gasteiger partial charge in [-0.2, -0.15) is 0 Å². The lowest BCUT2D eigenvalue weighted by Gasteiger charge is -2.58. The summed E-state index contributed by atoms with van der Waals surface area (Å²) in [6, 6.07) is 8.40. The number of hydrogen-bond donors (Lipinski definition) is 1. The molecule has 0 saturated carbocycles. The van der Waals surface area contributed by atoms with E-state index in [1.54, 1.807) is 17.0 Å². The summed E-state index contributed by atoms with van der Waals surface area (Å²) in [6.45, 7) is 29.5. The number of morpholine rings is 1. The molecular formula is C41H64FN5O5Si. The van der Waals surface area contributed by atoms with Gasteiger partial charge < -0.3 is 19.2 Å². The molecule has 2 saturated heterocycles. The second-order valence-electron chi connectivity index (χ2n) is 19.2. The molecule has 3 aliphatic heterocycles. The van der Waals surface area contributed by atoms with Crippen LogP contribution in [0.25, 0.3) is 0 Å². The maximum absolute atomic E-state index is 14.7. The maximum atomic E-state index is 14.7. The topological polar surface area (TPSA) is 98.7 Å². The third kappa shape index (κ3) is 8.67. The number of carbonyl (C=O) groups is 2. The number of piperazine rings is 1. The second kappa shape index (κ2) is 15.0. The minimum Gasteiger partial charge on any atom is -0.465 e. The van der Waals surface area contributed by atoms with Gasteiger partial charge in [-0.25, -0.2) is 9.18 Å². The maximum Gasteiger partial charge on any atom is 0.407 e. The normalized spacial score (nSPS) is 25.8. The first-order chi connectivity index (χ1) is 24.4. The number of pyridine rings is 1. The lowest BCUT2D eigenvalue weighted by atomic mass is 9.71. The number of carboxylic acid groups (broad SMARTS) is 1. The van der Waals surface area contributed by atoms with Crippen LogP contribution >= 0.6 is 0 Å². The fourth-order valence-corrected chi connectivity index (χ4v) is 8.83. The highest BCUT2D eigenvalue weighted by atomic mass is 28.4. The molecule has 1 aromatic carbocycles. The van der Waals surface area contributed by atoms with Crippen molar-refractivity contribution < 1.29 is 28.2 Å². The van der Waals surface area contributed by atoms with Crippen LogP contribution in [0.5, 0.6) is 0 Å². The summed E-state index contributed by atoms with van der Waals surface area (Å²) in [7, 11) is -2.03. The molecule has 0 aliphatic carbocycles. The number of carbonyl (C=O) groups excluding carboxylic acids is 1. The Morgan fingerprint density at radius 3 is 2.28 bits per heavy atom. The molecule has 12 heteroatoms. The van der Waals surface area contributed by atoms with Crippen molar-refractivity contribution in [1.29, 1.82) is 0 Å². The zero-order chi connectivity index (χ0) is 39.3. The van der Waals surface area contributed by atoms with Crippen molar-refractivity contribution in [2.45, 2.75) is 123 Å². The van der Waals surface area contributed by atoms with Crippen LogP contribution in [-0.4, -0.2) is 121 Å². The van der Waals surface area contributed by atoms with Crippen LogP contribution in [-0.2, 0) is 25.8 Å². The Kier molecular flexibility index (Phi) is 11.7. The van der Waals surface area contributed by atoms with Crippen molar-refractivity contribution in [3.05, 3.63) is 59.2 Å². The van der Waals surface area contributed by atoms with E-state index in [-0.39, 0.29) is 53.4 Å².